The predicted molar refractivity (Wildman–Crippen MR) is 136 cm³/mol. The summed E-state index contributed by atoms with van der Waals surface area (Å²) in [5.41, 5.74) is 0.158. The standard InChI is InChI=1S/C27H35N5O6/c1-16(17-7-5-8-18(11-17)25(35)36)32-20-12-22(24(32)34)30(14-20)15-21(29-26(37)38-27(2,3)4)23(33)31-10-6-9-19(31)13-28/h5,7-8,11,16,19-22H,6,9-10,12,14-15H2,1-4H3,(H,29,37)(H,35,36)/t16-,19-,20-,21-,22-/m0/s1. The van der Waals surface area contributed by atoms with Gasteiger partial charge in [-0.15, -0.1) is 0 Å². The van der Waals surface area contributed by atoms with Gasteiger partial charge in [-0.1, -0.05) is 12.1 Å². The van der Waals surface area contributed by atoms with Crippen molar-refractivity contribution >= 4 is 23.9 Å². The zero-order chi connectivity index (χ0) is 27.8. The molecule has 3 amide bonds. The van der Waals surface area contributed by atoms with Crippen molar-refractivity contribution in [3.05, 3.63) is 35.4 Å². The van der Waals surface area contributed by atoms with Gasteiger partial charge in [0, 0.05) is 25.7 Å². The van der Waals surface area contributed by atoms with Crippen molar-refractivity contribution < 1.29 is 29.0 Å². The van der Waals surface area contributed by atoms with Crippen LogP contribution in [0.15, 0.2) is 24.3 Å². The van der Waals surface area contributed by atoms with Gasteiger partial charge in [0.15, 0.2) is 0 Å². The summed E-state index contributed by atoms with van der Waals surface area (Å²) in [7, 11) is 0. The maximum absolute atomic E-state index is 13.5. The molecule has 3 aliphatic rings. The van der Waals surface area contributed by atoms with Crippen LogP contribution in [0.3, 0.4) is 0 Å². The number of carboxylic acid groups (broad SMARTS) is 1. The van der Waals surface area contributed by atoms with Crippen LogP contribution in [0, 0.1) is 11.3 Å². The number of carbonyl (C=O) groups excluding carboxylic acids is 3. The Morgan fingerprint density at radius 2 is 2.03 bits per heavy atom. The third kappa shape index (κ3) is 5.60. The van der Waals surface area contributed by atoms with Gasteiger partial charge in [0.2, 0.25) is 11.8 Å². The molecule has 0 spiro atoms. The highest BCUT2D eigenvalue weighted by atomic mass is 16.6. The topological polar surface area (TPSA) is 143 Å². The van der Waals surface area contributed by atoms with E-state index in [9.17, 15) is 29.5 Å². The SMILES string of the molecule is C[C@@H](c1cccc(C(=O)O)c1)N1C(=O)[C@@H]2C[C@H]1CN2C[C@H](NC(=O)OC(C)(C)C)C(=O)N1CCC[C@H]1C#N. The van der Waals surface area contributed by atoms with Gasteiger partial charge >= 0.3 is 12.1 Å². The van der Waals surface area contributed by atoms with E-state index in [-0.39, 0.29) is 36.0 Å². The number of amides is 3. The molecule has 38 heavy (non-hydrogen) atoms. The minimum atomic E-state index is -1.02. The monoisotopic (exact) mass is 525 g/mol. The van der Waals surface area contributed by atoms with Crippen molar-refractivity contribution in [1.29, 1.82) is 5.26 Å². The second kappa shape index (κ2) is 10.6. The molecule has 0 radical (unpaired) electrons. The number of nitrogens with one attached hydrogen (secondary N) is 1. The number of fused-ring (bicyclic) bond motifs is 2. The molecule has 0 aromatic heterocycles. The maximum Gasteiger partial charge on any atom is 0.408 e. The normalized spacial score (nSPS) is 24.7. The molecular formula is C27H35N5O6. The molecule has 11 heteroatoms. The number of benzene rings is 1. The Morgan fingerprint density at radius 1 is 1.29 bits per heavy atom. The van der Waals surface area contributed by atoms with Gasteiger partial charge in [0.1, 0.15) is 17.7 Å². The summed E-state index contributed by atoms with van der Waals surface area (Å²) in [6.07, 6.45) is 1.16. The lowest BCUT2D eigenvalue weighted by Crippen LogP contribution is -2.59. The van der Waals surface area contributed by atoms with Gasteiger partial charge in [0.05, 0.1) is 23.7 Å². The first-order valence-electron chi connectivity index (χ1n) is 13.0. The van der Waals surface area contributed by atoms with Gasteiger partial charge in [-0.05, 0) is 64.7 Å². The number of aromatic carboxylic acids is 1. The van der Waals surface area contributed by atoms with E-state index in [1.54, 1.807) is 37.8 Å². The van der Waals surface area contributed by atoms with Crippen LogP contribution in [0.4, 0.5) is 4.79 Å². The zero-order valence-electron chi connectivity index (χ0n) is 22.2. The number of carbonyl (C=O) groups is 4. The number of ether oxygens (including phenoxy) is 1. The minimum Gasteiger partial charge on any atom is -0.478 e. The molecule has 3 fully saturated rings. The predicted octanol–water partition coefficient (Wildman–Crippen LogP) is 2.14. The molecule has 5 atom stereocenters. The first-order chi connectivity index (χ1) is 17.9. The van der Waals surface area contributed by atoms with Gasteiger partial charge in [0.25, 0.3) is 0 Å². The van der Waals surface area contributed by atoms with E-state index >= 15 is 0 Å². The number of rotatable bonds is 7. The largest absolute Gasteiger partial charge is 0.478 e. The summed E-state index contributed by atoms with van der Waals surface area (Å²) in [5.74, 6) is -1.47. The summed E-state index contributed by atoms with van der Waals surface area (Å²) >= 11 is 0. The summed E-state index contributed by atoms with van der Waals surface area (Å²) in [4.78, 5) is 56.1. The fraction of sp³-hybridized carbons (Fsp3) is 0.593. The molecule has 4 rings (SSSR count). The van der Waals surface area contributed by atoms with Crippen LogP contribution in [0.5, 0.6) is 0 Å². The van der Waals surface area contributed by atoms with Crippen molar-refractivity contribution in [1.82, 2.24) is 20.0 Å². The minimum absolute atomic E-state index is 0.0889. The lowest BCUT2D eigenvalue weighted by molar-refractivity contribution is -0.141. The first kappa shape index (κ1) is 27.4. The highest BCUT2D eigenvalue weighted by Gasteiger charge is 2.52. The summed E-state index contributed by atoms with van der Waals surface area (Å²) in [5, 5.41) is 21.5. The van der Waals surface area contributed by atoms with E-state index in [1.165, 1.54) is 11.0 Å². The molecule has 3 saturated heterocycles. The quantitative estimate of drug-likeness (QED) is 0.551. The Kier molecular flexibility index (Phi) is 7.65. The number of alkyl carbamates (subject to hydrolysis) is 1. The second-order valence-corrected chi connectivity index (χ2v) is 11.2. The third-order valence-electron chi connectivity index (χ3n) is 7.44. The molecule has 204 valence electrons. The van der Waals surface area contributed by atoms with Crippen molar-refractivity contribution in [3.8, 4) is 6.07 Å². The average molecular weight is 526 g/mol. The Morgan fingerprint density at radius 3 is 2.66 bits per heavy atom. The van der Waals surface area contributed by atoms with Crippen LogP contribution in [0.1, 0.15) is 68.9 Å². The van der Waals surface area contributed by atoms with E-state index < -0.39 is 35.8 Å². The number of piperazine rings is 1. The lowest BCUT2D eigenvalue weighted by atomic mass is 10.0. The zero-order valence-corrected chi connectivity index (χ0v) is 22.2. The number of hydrogen-bond acceptors (Lipinski definition) is 7. The van der Waals surface area contributed by atoms with Crippen LogP contribution in [-0.4, -0.2) is 93.1 Å². The summed E-state index contributed by atoms with van der Waals surface area (Å²) in [6, 6.07) is 6.38. The lowest BCUT2D eigenvalue weighted by Gasteiger charge is -2.39. The van der Waals surface area contributed by atoms with Crippen LogP contribution < -0.4 is 5.32 Å². The Balaban J connectivity index is 1.49. The van der Waals surface area contributed by atoms with Crippen molar-refractivity contribution in [2.24, 2.45) is 0 Å². The van der Waals surface area contributed by atoms with Gasteiger partial charge in [-0.3, -0.25) is 14.5 Å². The van der Waals surface area contributed by atoms with Crippen LogP contribution in [0.25, 0.3) is 0 Å². The van der Waals surface area contributed by atoms with E-state index in [0.717, 1.165) is 5.56 Å². The highest BCUT2D eigenvalue weighted by molar-refractivity contribution is 5.89. The molecule has 1 aromatic rings. The smallest absolute Gasteiger partial charge is 0.408 e. The Hall–Kier alpha value is -3.65. The van der Waals surface area contributed by atoms with Gasteiger partial charge < -0.3 is 25.0 Å². The Labute approximate surface area is 222 Å². The number of carboxylic acids is 1. The number of likely N-dealkylation sites (tertiary alicyclic amines) is 3. The molecule has 3 heterocycles. The highest BCUT2D eigenvalue weighted by Crippen LogP contribution is 2.38. The fourth-order valence-electron chi connectivity index (χ4n) is 5.73. The molecule has 2 bridgehead atoms. The molecule has 0 unspecified atom stereocenters. The molecule has 2 N–H and O–H groups in total. The summed E-state index contributed by atoms with van der Waals surface area (Å²) < 4.78 is 5.38. The van der Waals surface area contributed by atoms with Crippen LogP contribution in [-0.2, 0) is 14.3 Å². The second-order valence-electron chi connectivity index (χ2n) is 11.2. The van der Waals surface area contributed by atoms with Crippen molar-refractivity contribution in [2.75, 3.05) is 19.6 Å². The molecule has 3 aliphatic heterocycles. The van der Waals surface area contributed by atoms with E-state index in [1.807, 2.05) is 17.9 Å². The molecule has 0 saturated carbocycles. The molecular weight excluding hydrogens is 490 g/mol. The van der Waals surface area contributed by atoms with E-state index in [4.69, 9.17) is 4.74 Å². The van der Waals surface area contributed by atoms with E-state index in [2.05, 4.69) is 11.4 Å². The Bertz CT molecular complexity index is 1160. The van der Waals surface area contributed by atoms with E-state index in [0.29, 0.717) is 32.4 Å². The number of nitrogens with zero attached hydrogens (tertiary/aromatic N) is 4. The molecule has 0 aliphatic carbocycles. The average Bonchev–Trinajstić information content (AvgIpc) is 3.56. The maximum atomic E-state index is 13.5. The van der Waals surface area contributed by atoms with Crippen LogP contribution in [0.2, 0.25) is 0 Å². The molecule has 11 nitrogen and oxygen atoms in total. The number of nitriles is 1. The number of hydrogen-bond donors (Lipinski definition) is 2. The van der Waals surface area contributed by atoms with Crippen molar-refractivity contribution in [3.63, 3.8) is 0 Å². The van der Waals surface area contributed by atoms with Gasteiger partial charge in [-0.25, -0.2) is 9.59 Å². The molecule has 1 aromatic carbocycles. The summed E-state index contributed by atoms with van der Waals surface area (Å²) in [6.45, 7) is 8.16. The third-order valence-corrected chi connectivity index (χ3v) is 7.44. The fourth-order valence-corrected chi connectivity index (χ4v) is 5.73. The first-order valence-corrected chi connectivity index (χ1v) is 13.0. The van der Waals surface area contributed by atoms with Gasteiger partial charge in [-0.2, -0.15) is 5.26 Å². The van der Waals surface area contributed by atoms with Crippen LogP contribution >= 0.6 is 0 Å². The van der Waals surface area contributed by atoms with Crippen molar-refractivity contribution in [2.45, 2.75) is 82.8 Å².